The number of fused-ring (bicyclic) bond motifs is 1. The maximum absolute atomic E-state index is 13.2. The molecule has 0 radical (unpaired) electrons. The van der Waals surface area contributed by atoms with Crippen LogP contribution in [0.5, 0.6) is 0 Å². The van der Waals surface area contributed by atoms with Gasteiger partial charge in [-0.15, -0.1) is 11.3 Å². The second kappa shape index (κ2) is 10.1. The Morgan fingerprint density at radius 2 is 1.97 bits per heavy atom. The lowest BCUT2D eigenvalue weighted by Crippen LogP contribution is -2.28. The van der Waals surface area contributed by atoms with Crippen molar-refractivity contribution in [2.75, 3.05) is 5.32 Å². The lowest BCUT2D eigenvalue weighted by Gasteiger charge is -2.17. The highest BCUT2D eigenvalue weighted by Crippen LogP contribution is 2.27. The summed E-state index contributed by atoms with van der Waals surface area (Å²) < 4.78 is 2.23. The fourth-order valence-electron chi connectivity index (χ4n) is 3.30. The summed E-state index contributed by atoms with van der Waals surface area (Å²) in [7, 11) is 0. The molecular weight excluding hydrogens is 440 g/mol. The van der Waals surface area contributed by atoms with Crippen molar-refractivity contribution in [1.29, 1.82) is 0 Å². The minimum absolute atomic E-state index is 0.106. The topological polar surface area (TPSA) is 76.9 Å². The molecule has 164 valence electrons. The van der Waals surface area contributed by atoms with E-state index >= 15 is 0 Å². The second-order valence-corrected chi connectivity index (χ2v) is 9.38. The van der Waals surface area contributed by atoms with E-state index in [1.807, 2.05) is 60.8 Å². The van der Waals surface area contributed by atoms with E-state index < -0.39 is 0 Å². The molecule has 1 N–H and O–H groups in total. The number of carbonyl (C=O) groups is 1. The van der Waals surface area contributed by atoms with Crippen molar-refractivity contribution >= 4 is 44.9 Å². The van der Waals surface area contributed by atoms with Gasteiger partial charge in [-0.3, -0.25) is 19.1 Å². The van der Waals surface area contributed by atoms with E-state index in [4.69, 9.17) is 4.98 Å². The highest BCUT2D eigenvalue weighted by Gasteiger charge is 2.22. The number of nitrogens with one attached hydrogen (secondary N) is 1. The predicted octanol–water partition coefficient (Wildman–Crippen LogP) is 4.97. The first-order chi connectivity index (χ1) is 15.6. The first-order valence-corrected chi connectivity index (χ1v) is 12.3. The minimum Gasteiger partial charge on any atom is -0.325 e. The Hall–Kier alpha value is -2.97. The molecular formula is C24H24N4O2S2. The average molecular weight is 465 g/mol. The maximum atomic E-state index is 13.2. The van der Waals surface area contributed by atoms with Crippen LogP contribution in [0.15, 0.2) is 70.1 Å². The van der Waals surface area contributed by atoms with Crippen LogP contribution in [-0.2, 0) is 17.8 Å². The maximum Gasteiger partial charge on any atom is 0.272 e. The second-order valence-electron chi connectivity index (χ2n) is 7.30. The molecule has 0 aliphatic rings. The van der Waals surface area contributed by atoms with Gasteiger partial charge >= 0.3 is 0 Å². The van der Waals surface area contributed by atoms with E-state index in [0.29, 0.717) is 28.3 Å². The van der Waals surface area contributed by atoms with Crippen LogP contribution >= 0.6 is 23.1 Å². The van der Waals surface area contributed by atoms with Crippen LogP contribution in [0.2, 0.25) is 0 Å². The number of thioether (sulfide) groups is 1. The van der Waals surface area contributed by atoms with Gasteiger partial charge in [0.1, 0.15) is 4.70 Å². The fourth-order valence-corrected chi connectivity index (χ4v) is 5.09. The molecule has 0 saturated carbocycles. The molecule has 0 spiro atoms. The van der Waals surface area contributed by atoms with Gasteiger partial charge in [-0.2, -0.15) is 0 Å². The SMILES string of the molecule is CCc1ccc(NC(=O)[C@@H](CC)Sc2nc3ccsc3c(=O)n2Cc2ccccn2)cc1. The Bertz CT molecular complexity index is 1270. The van der Waals surface area contributed by atoms with Gasteiger partial charge in [0.25, 0.3) is 5.56 Å². The number of carbonyl (C=O) groups excluding carboxylic acids is 1. The summed E-state index contributed by atoms with van der Waals surface area (Å²) in [6.07, 6.45) is 3.26. The quantitative estimate of drug-likeness (QED) is 0.294. The molecule has 6 nitrogen and oxygen atoms in total. The van der Waals surface area contributed by atoms with Crippen molar-refractivity contribution < 1.29 is 4.79 Å². The fraction of sp³-hybridized carbons (Fsp3) is 0.250. The standard InChI is InChI=1S/C24H24N4O2S2/c1-3-16-8-10-17(11-9-16)26-22(29)20(4-2)32-24-27-19-12-14-31-21(19)23(30)28(24)15-18-7-5-6-13-25-18/h5-14,20H,3-4,15H2,1-2H3,(H,26,29)/t20-/m1/s1. The van der Waals surface area contributed by atoms with Gasteiger partial charge in [0.2, 0.25) is 5.91 Å². The first kappa shape index (κ1) is 22.2. The van der Waals surface area contributed by atoms with Gasteiger partial charge in [-0.1, -0.05) is 43.8 Å². The number of hydrogen-bond donors (Lipinski definition) is 1. The molecule has 8 heteroatoms. The third-order valence-corrected chi connectivity index (χ3v) is 7.36. The number of thiophene rings is 1. The number of anilines is 1. The van der Waals surface area contributed by atoms with Crippen LogP contribution in [0, 0.1) is 0 Å². The Balaban J connectivity index is 1.62. The summed E-state index contributed by atoms with van der Waals surface area (Å²) >= 11 is 2.70. The van der Waals surface area contributed by atoms with Gasteiger partial charge in [-0.25, -0.2) is 4.98 Å². The molecule has 0 bridgehead atoms. The number of rotatable bonds is 8. The largest absolute Gasteiger partial charge is 0.325 e. The zero-order valence-corrected chi connectivity index (χ0v) is 19.6. The molecule has 1 aromatic carbocycles. The average Bonchev–Trinajstić information content (AvgIpc) is 3.29. The van der Waals surface area contributed by atoms with Crippen molar-refractivity contribution in [2.24, 2.45) is 0 Å². The molecule has 3 heterocycles. The van der Waals surface area contributed by atoms with Crippen LogP contribution in [0.1, 0.15) is 31.5 Å². The van der Waals surface area contributed by atoms with Crippen LogP contribution < -0.4 is 10.9 Å². The van der Waals surface area contributed by atoms with Crippen molar-refractivity contribution in [3.05, 3.63) is 81.7 Å². The Morgan fingerprint density at radius 1 is 1.16 bits per heavy atom. The Labute approximate surface area is 194 Å². The van der Waals surface area contributed by atoms with E-state index in [2.05, 4.69) is 17.2 Å². The lowest BCUT2D eigenvalue weighted by atomic mass is 10.1. The van der Waals surface area contributed by atoms with Crippen LogP contribution in [-0.4, -0.2) is 25.7 Å². The monoisotopic (exact) mass is 464 g/mol. The zero-order valence-electron chi connectivity index (χ0n) is 17.9. The molecule has 1 amide bonds. The number of pyridine rings is 1. The summed E-state index contributed by atoms with van der Waals surface area (Å²) in [5.41, 5.74) is 3.30. The number of nitrogens with zero attached hydrogens (tertiary/aromatic N) is 3. The summed E-state index contributed by atoms with van der Waals surface area (Å²) in [6.45, 7) is 4.36. The Morgan fingerprint density at radius 3 is 2.66 bits per heavy atom. The van der Waals surface area contributed by atoms with Crippen LogP contribution in [0.3, 0.4) is 0 Å². The zero-order chi connectivity index (χ0) is 22.5. The Kier molecular flexibility index (Phi) is 7.02. The van der Waals surface area contributed by atoms with Gasteiger partial charge in [-0.05, 0) is 54.1 Å². The predicted molar refractivity (Wildman–Crippen MR) is 132 cm³/mol. The summed E-state index contributed by atoms with van der Waals surface area (Å²) in [5.74, 6) is -0.106. The van der Waals surface area contributed by atoms with E-state index in [1.54, 1.807) is 10.8 Å². The number of hydrogen-bond acceptors (Lipinski definition) is 6. The van der Waals surface area contributed by atoms with Crippen LogP contribution in [0.25, 0.3) is 10.2 Å². The summed E-state index contributed by atoms with van der Waals surface area (Å²) in [5, 5.41) is 4.99. The third-order valence-electron chi connectivity index (χ3n) is 5.12. The van der Waals surface area contributed by atoms with E-state index in [9.17, 15) is 9.59 Å². The number of aryl methyl sites for hydroxylation is 1. The molecule has 3 aromatic heterocycles. The minimum atomic E-state index is -0.390. The molecule has 4 aromatic rings. The van der Waals surface area contributed by atoms with Crippen molar-refractivity contribution in [1.82, 2.24) is 14.5 Å². The lowest BCUT2D eigenvalue weighted by molar-refractivity contribution is -0.115. The van der Waals surface area contributed by atoms with E-state index in [0.717, 1.165) is 17.8 Å². The molecule has 0 fully saturated rings. The molecule has 1 atom stereocenters. The summed E-state index contributed by atoms with van der Waals surface area (Å²) in [4.78, 5) is 35.3. The van der Waals surface area contributed by atoms with Gasteiger partial charge in [0.15, 0.2) is 5.16 Å². The summed E-state index contributed by atoms with van der Waals surface area (Å²) in [6, 6.07) is 15.3. The van der Waals surface area contributed by atoms with Gasteiger partial charge < -0.3 is 5.32 Å². The van der Waals surface area contributed by atoms with E-state index in [1.165, 1.54) is 28.7 Å². The molecule has 4 rings (SSSR count). The van der Waals surface area contributed by atoms with E-state index in [-0.39, 0.29) is 16.7 Å². The highest BCUT2D eigenvalue weighted by molar-refractivity contribution is 8.00. The highest BCUT2D eigenvalue weighted by atomic mass is 32.2. The molecule has 0 aliphatic heterocycles. The number of benzene rings is 1. The molecule has 32 heavy (non-hydrogen) atoms. The van der Waals surface area contributed by atoms with Gasteiger partial charge in [0, 0.05) is 11.9 Å². The van der Waals surface area contributed by atoms with Crippen molar-refractivity contribution in [2.45, 2.75) is 43.6 Å². The van der Waals surface area contributed by atoms with Crippen LogP contribution in [0.4, 0.5) is 5.69 Å². The molecule has 0 aliphatic carbocycles. The number of aromatic nitrogens is 3. The van der Waals surface area contributed by atoms with Crippen molar-refractivity contribution in [3.8, 4) is 0 Å². The molecule has 0 unspecified atom stereocenters. The third kappa shape index (κ3) is 4.92. The smallest absolute Gasteiger partial charge is 0.272 e. The van der Waals surface area contributed by atoms with Crippen molar-refractivity contribution in [3.63, 3.8) is 0 Å². The molecule has 0 saturated heterocycles. The number of amides is 1. The first-order valence-electron chi connectivity index (χ1n) is 10.5. The normalized spacial score (nSPS) is 12.1. The van der Waals surface area contributed by atoms with Gasteiger partial charge in [0.05, 0.1) is 23.0 Å².